The summed E-state index contributed by atoms with van der Waals surface area (Å²) in [4.78, 5) is 0. The Morgan fingerprint density at radius 1 is 0.882 bits per heavy atom. The van der Waals surface area contributed by atoms with Crippen LogP contribution in [0.5, 0.6) is 0 Å². The van der Waals surface area contributed by atoms with Gasteiger partial charge in [-0.1, -0.05) is 64.7 Å². The van der Waals surface area contributed by atoms with Gasteiger partial charge in [0, 0.05) is 6.20 Å². The molecule has 0 N–H and O–H groups in total. The second kappa shape index (κ2) is 10.8. The summed E-state index contributed by atoms with van der Waals surface area (Å²) >= 11 is 0. The second-order valence-corrected chi connectivity index (χ2v) is 6.14. The lowest BCUT2D eigenvalue weighted by Gasteiger charge is -2.01. The van der Waals surface area contributed by atoms with Crippen molar-refractivity contribution >= 4 is 8.35 Å². The molecule has 17 heavy (non-hydrogen) atoms. The summed E-state index contributed by atoms with van der Waals surface area (Å²) in [7, 11) is 0.742. The Balaban J connectivity index is 1.76. The molecule has 0 fully saturated rings. The first-order valence-corrected chi connectivity index (χ1v) is 8.36. The van der Waals surface area contributed by atoms with E-state index in [1.807, 2.05) is 6.20 Å². The first kappa shape index (κ1) is 14.8. The zero-order valence-electron chi connectivity index (χ0n) is 11.4. The summed E-state index contributed by atoms with van der Waals surface area (Å²) in [5.41, 5.74) is 0. The van der Waals surface area contributed by atoms with Crippen LogP contribution < -0.4 is 0 Å². The van der Waals surface area contributed by atoms with Crippen LogP contribution in [0.15, 0.2) is 12.3 Å². The monoisotopic (exact) mass is 253 g/mol. The van der Waals surface area contributed by atoms with Crippen molar-refractivity contribution in [3.63, 3.8) is 0 Å². The van der Waals surface area contributed by atoms with E-state index in [0.29, 0.717) is 0 Å². The average Bonchev–Trinajstić information content (AvgIpc) is 2.85. The summed E-state index contributed by atoms with van der Waals surface area (Å²) < 4.78 is 4.24. The van der Waals surface area contributed by atoms with Gasteiger partial charge in [-0.3, -0.25) is 0 Å². The molecule has 2 heteroatoms. The Hall–Kier alpha value is -0.290. The van der Waals surface area contributed by atoms with Gasteiger partial charge in [0.05, 0.1) is 0 Å². The van der Waals surface area contributed by atoms with Crippen molar-refractivity contribution in [2.75, 3.05) is 0 Å². The van der Waals surface area contributed by atoms with Crippen molar-refractivity contribution < 1.29 is 0 Å². The number of aromatic nitrogens is 1. The number of aryl methyl sites for hydroxylation is 1. The van der Waals surface area contributed by atoms with Crippen LogP contribution in [-0.2, 0) is 6.42 Å². The van der Waals surface area contributed by atoms with Gasteiger partial charge >= 0.3 is 0 Å². The molecule has 1 aromatic rings. The molecule has 0 saturated carbocycles. The molecule has 1 aromatic heterocycles. The highest BCUT2D eigenvalue weighted by molar-refractivity contribution is 7.26. The largest absolute Gasteiger partial charge is 0.249 e. The molecule has 98 valence electrons. The van der Waals surface area contributed by atoms with E-state index < -0.39 is 0 Å². The first-order valence-electron chi connectivity index (χ1n) is 7.41. The highest BCUT2D eigenvalue weighted by atomic mass is 31.0. The van der Waals surface area contributed by atoms with Crippen molar-refractivity contribution in [2.45, 2.75) is 77.6 Å². The molecule has 0 bridgehead atoms. The van der Waals surface area contributed by atoms with Crippen LogP contribution in [0.25, 0.3) is 0 Å². The lowest BCUT2D eigenvalue weighted by Crippen LogP contribution is -1.83. The van der Waals surface area contributed by atoms with Gasteiger partial charge in [0.1, 0.15) is 0 Å². The van der Waals surface area contributed by atoms with Gasteiger partial charge in [0.2, 0.25) is 0 Å². The molecule has 0 aromatic carbocycles. The Bertz CT molecular complexity index is 243. The third kappa shape index (κ3) is 8.44. The van der Waals surface area contributed by atoms with Crippen LogP contribution in [0.1, 0.15) is 76.4 Å². The second-order valence-electron chi connectivity index (χ2n) is 5.01. The summed E-state index contributed by atoms with van der Waals surface area (Å²) in [5.74, 6) is 0. The van der Waals surface area contributed by atoms with Crippen LogP contribution in [0.2, 0.25) is 0 Å². The van der Waals surface area contributed by atoms with Gasteiger partial charge in [-0.25, -0.2) is 4.75 Å². The average molecular weight is 253 g/mol. The molecule has 0 saturated heterocycles. The number of rotatable bonds is 11. The normalized spacial score (nSPS) is 11.4. The van der Waals surface area contributed by atoms with Crippen molar-refractivity contribution in [1.29, 1.82) is 0 Å². The minimum Gasteiger partial charge on any atom is -0.249 e. The van der Waals surface area contributed by atoms with Crippen molar-refractivity contribution in [2.24, 2.45) is 0 Å². The third-order valence-corrected chi connectivity index (χ3v) is 4.34. The van der Waals surface area contributed by atoms with E-state index in [4.69, 9.17) is 0 Å². The van der Waals surface area contributed by atoms with Gasteiger partial charge in [0.15, 0.2) is 0 Å². The van der Waals surface area contributed by atoms with E-state index in [1.54, 1.807) is 5.30 Å². The maximum atomic E-state index is 4.24. The minimum atomic E-state index is 0.742. The number of nitrogens with zero attached hydrogens (tertiary/aromatic N) is 1. The number of hydrogen-bond acceptors (Lipinski definition) is 1. The predicted molar refractivity (Wildman–Crippen MR) is 79.3 cm³/mol. The van der Waals surface area contributed by atoms with Gasteiger partial charge in [-0.05, 0) is 32.6 Å². The molecule has 0 radical (unpaired) electrons. The fraction of sp³-hybridized carbons (Fsp3) is 0.800. The lowest BCUT2D eigenvalue weighted by molar-refractivity contribution is 0.557. The molecule has 1 unspecified atom stereocenters. The van der Waals surface area contributed by atoms with E-state index in [9.17, 15) is 0 Å². The fourth-order valence-electron chi connectivity index (χ4n) is 2.23. The molecule has 0 spiro atoms. The molecular weight excluding hydrogens is 225 g/mol. The Morgan fingerprint density at radius 2 is 1.47 bits per heavy atom. The molecule has 1 atom stereocenters. The summed E-state index contributed by atoms with van der Waals surface area (Å²) in [5, 5.41) is 1.56. The quantitative estimate of drug-likeness (QED) is 0.469. The minimum absolute atomic E-state index is 0.742. The van der Waals surface area contributed by atoms with Crippen molar-refractivity contribution in [1.82, 2.24) is 4.75 Å². The van der Waals surface area contributed by atoms with Gasteiger partial charge < -0.3 is 0 Å². The van der Waals surface area contributed by atoms with Crippen LogP contribution in [-0.4, -0.2) is 4.75 Å². The zero-order chi connectivity index (χ0) is 12.2. The van der Waals surface area contributed by atoms with Crippen molar-refractivity contribution in [3.05, 3.63) is 17.6 Å². The summed E-state index contributed by atoms with van der Waals surface area (Å²) in [6.07, 6.45) is 17.5. The van der Waals surface area contributed by atoms with E-state index in [1.165, 1.54) is 70.6 Å². The lowest BCUT2D eigenvalue weighted by atomic mass is 10.1. The summed E-state index contributed by atoms with van der Waals surface area (Å²) in [6, 6.07) is 2.20. The van der Waals surface area contributed by atoms with E-state index in [0.717, 1.165) is 8.35 Å². The Morgan fingerprint density at radius 3 is 2.00 bits per heavy atom. The van der Waals surface area contributed by atoms with Gasteiger partial charge in [0.25, 0.3) is 0 Å². The SMILES string of the molecule is CCCCCCCCCCCCc1ccn[pH]1. The number of hydrogen-bond donors (Lipinski definition) is 0. The molecule has 0 aliphatic rings. The van der Waals surface area contributed by atoms with Crippen LogP contribution in [0.3, 0.4) is 0 Å². The smallest absolute Gasteiger partial charge is 0.0312 e. The van der Waals surface area contributed by atoms with Crippen LogP contribution in [0.4, 0.5) is 0 Å². The molecule has 0 aliphatic heterocycles. The first-order chi connectivity index (χ1) is 8.43. The van der Waals surface area contributed by atoms with Gasteiger partial charge in [-0.2, -0.15) is 0 Å². The fourth-order valence-corrected chi connectivity index (χ4v) is 2.98. The maximum Gasteiger partial charge on any atom is 0.0312 e. The Kier molecular flexibility index (Phi) is 9.42. The topological polar surface area (TPSA) is 12.9 Å². The molecule has 1 rings (SSSR count). The van der Waals surface area contributed by atoms with Crippen molar-refractivity contribution in [3.8, 4) is 0 Å². The van der Waals surface area contributed by atoms with Crippen LogP contribution >= 0.6 is 8.35 Å². The number of unbranched alkanes of at least 4 members (excludes halogenated alkanes) is 9. The molecule has 0 amide bonds. The van der Waals surface area contributed by atoms with E-state index in [2.05, 4.69) is 17.7 Å². The highest BCUT2D eigenvalue weighted by Crippen LogP contribution is 2.16. The maximum absolute atomic E-state index is 4.24. The van der Waals surface area contributed by atoms with E-state index >= 15 is 0 Å². The Labute approximate surface area is 109 Å². The highest BCUT2D eigenvalue weighted by Gasteiger charge is 1.95. The third-order valence-electron chi connectivity index (χ3n) is 3.36. The molecule has 1 heterocycles. The summed E-state index contributed by atoms with van der Waals surface area (Å²) in [6.45, 7) is 2.28. The molecule has 0 aliphatic carbocycles. The molecule has 1 nitrogen and oxygen atoms in total. The van der Waals surface area contributed by atoms with Gasteiger partial charge in [-0.15, -0.1) is 0 Å². The predicted octanol–water partition coefficient (Wildman–Crippen LogP) is 5.58. The van der Waals surface area contributed by atoms with Crippen LogP contribution in [0, 0.1) is 0 Å². The standard InChI is InChI=1S/C15H28NP/c1-2-3-4-5-6-7-8-9-10-11-12-15-13-14-16-17-15/h13-14,17H,2-12H2,1H3. The zero-order valence-corrected chi connectivity index (χ0v) is 12.4. The van der Waals surface area contributed by atoms with E-state index in [-0.39, 0.29) is 0 Å². The molecular formula is C15H28NP.